The first-order chi connectivity index (χ1) is 10.8. The molecule has 0 saturated carbocycles. The number of rotatable bonds is 8. The predicted octanol–water partition coefficient (Wildman–Crippen LogP) is 3.96. The number of nitrogens with two attached hydrogens (primary N) is 1. The molecule has 0 spiro atoms. The van der Waals surface area contributed by atoms with Crippen molar-refractivity contribution in [1.82, 2.24) is 0 Å². The van der Waals surface area contributed by atoms with Crippen LogP contribution in [0.3, 0.4) is 0 Å². The van der Waals surface area contributed by atoms with E-state index in [0.717, 1.165) is 24.3 Å². The van der Waals surface area contributed by atoms with E-state index in [9.17, 15) is 4.79 Å². The number of para-hydroxylation sites is 2. The summed E-state index contributed by atoms with van der Waals surface area (Å²) in [5.41, 5.74) is 8.47. The Bertz CT molecular complexity index is 587. The zero-order valence-electron chi connectivity index (χ0n) is 12.6. The Hall–Kier alpha value is -1.94. The lowest BCUT2D eigenvalue weighted by Gasteiger charge is -2.07. The molecule has 0 saturated heterocycles. The average Bonchev–Trinajstić information content (AvgIpc) is 2.54. The van der Waals surface area contributed by atoms with Crippen molar-refractivity contribution < 1.29 is 4.79 Å². The maximum atomic E-state index is 11.8. The second-order valence-electron chi connectivity index (χ2n) is 5.09. The van der Waals surface area contributed by atoms with Gasteiger partial charge < -0.3 is 11.1 Å². The van der Waals surface area contributed by atoms with Crippen LogP contribution >= 0.6 is 11.8 Å². The number of carbonyl (C=O) groups is 1. The van der Waals surface area contributed by atoms with Crippen LogP contribution in [0.25, 0.3) is 0 Å². The first kappa shape index (κ1) is 16.4. The Morgan fingerprint density at radius 1 is 1.00 bits per heavy atom. The van der Waals surface area contributed by atoms with Crippen LogP contribution < -0.4 is 11.1 Å². The van der Waals surface area contributed by atoms with E-state index < -0.39 is 0 Å². The van der Waals surface area contributed by atoms with Gasteiger partial charge in [0.25, 0.3) is 0 Å². The molecule has 4 heteroatoms. The van der Waals surface area contributed by atoms with Crippen molar-refractivity contribution in [3.05, 3.63) is 60.2 Å². The summed E-state index contributed by atoms with van der Waals surface area (Å²) in [7, 11) is 0. The fourth-order valence-corrected chi connectivity index (χ4v) is 3.03. The lowest BCUT2D eigenvalue weighted by atomic mass is 10.2. The number of amides is 1. The second kappa shape index (κ2) is 9.15. The van der Waals surface area contributed by atoms with Gasteiger partial charge in [0.15, 0.2) is 0 Å². The molecule has 0 heterocycles. The zero-order chi connectivity index (χ0) is 15.6. The molecule has 22 heavy (non-hydrogen) atoms. The van der Waals surface area contributed by atoms with Crippen LogP contribution in [0, 0.1) is 0 Å². The third kappa shape index (κ3) is 5.82. The van der Waals surface area contributed by atoms with E-state index in [-0.39, 0.29) is 5.91 Å². The number of nitrogen functional groups attached to an aromatic ring is 1. The minimum Gasteiger partial charge on any atom is -0.397 e. The Labute approximate surface area is 136 Å². The van der Waals surface area contributed by atoms with Gasteiger partial charge in [0, 0.05) is 6.42 Å². The molecule has 0 aliphatic carbocycles. The SMILES string of the molecule is Nc1ccccc1NC(=O)CCCSCCc1ccccc1. The first-order valence-corrected chi connectivity index (χ1v) is 8.67. The van der Waals surface area contributed by atoms with Crippen molar-refractivity contribution in [2.75, 3.05) is 22.6 Å². The number of carbonyl (C=O) groups excluding carboxylic acids is 1. The summed E-state index contributed by atoms with van der Waals surface area (Å²) in [6.45, 7) is 0. The monoisotopic (exact) mass is 314 g/mol. The number of aryl methyl sites for hydroxylation is 1. The van der Waals surface area contributed by atoms with Crippen LogP contribution in [-0.2, 0) is 11.2 Å². The van der Waals surface area contributed by atoms with Crippen molar-refractivity contribution >= 4 is 29.0 Å². The van der Waals surface area contributed by atoms with Gasteiger partial charge in [-0.2, -0.15) is 11.8 Å². The van der Waals surface area contributed by atoms with Gasteiger partial charge in [0.05, 0.1) is 11.4 Å². The molecule has 0 aromatic heterocycles. The van der Waals surface area contributed by atoms with Gasteiger partial charge in [0.1, 0.15) is 0 Å². The minimum atomic E-state index is 0.0292. The maximum absolute atomic E-state index is 11.8. The number of nitrogens with one attached hydrogen (secondary N) is 1. The molecular weight excluding hydrogens is 292 g/mol. The number of hydrogen-bond donors (Lipinski definition) is 2. The summed E-state index contributed by atoms with van der Waals surface area (Å²) in [5, 5.41) is 2.85. The van der Waals surface area contributed by atoms with E-state index in [1.54, 1.807) is 6.07 Å². The third-order valence-corrected chi connectivity index (χ3v) is 4.38. The van der Waals surface area contributed by atoms with Crippen LogP contribution in [0.15, 0.2) is 54.6 Å². The molecular formula is C18H22N2OS. The highest BCUT2D eigenvalue weighted by atomic mass is 32.2. The van der Waals surface area contributed by atoms with Crippen LogP contribution in [0.2, 0.25) is 0 Å². The summed E-state index contributed by atoms with van der Waals surface area (Å²) in [5.74, 6) is 2.13. The zero-order valence-corrected chi connectivity index (χ0v) is 13.4. The summed E-state index contributed by atoms with van der Waals surface area (Å²) in [6.07, 6.45) is 2.50. The largest absolute Gasteiger partial charge is 0.397 e. The van der Waals surface area contributed by atoms with Gasteiger partial charge in [-0.1, -0.05) is 42.5 Å². The summed E-state index contributed by atoms with van der Waals surface area (Å²) in [4.78, 5) is 11.8. The number of hydrogen-bond acceptors (Lipinski definition) is 3. The minimum absolute atomic E-state index is 0.0292. The average molecular weight is 314 g/mol. The van der Waals surface area contributed by atoms with E-state index >= 15 is 0 Å². The molecule has 3 N–H and O–H groups in total. The van der Waals surface area contributed by atoms with E-state index in [1.165, 1.54) is 5.56 Å². The molecule has 0 bridgehead atoms. The fraction of sp³-hybridized carbons (Fsp3) is 0.278. The lowest BCUT2D eigenvalue weighted by molar-refractivity contribution is -0.116. The van der Waals surface area contributed by atoms with E-state index in [4.69, 9.17) is 5.73 Å². The molecule has 0 atom stereocenters. The Morgan fingerprint density at radius 2 is 1.73 bits per heavy atom. The van der Waals surface area contributed by atoms with Crippen LogP contribution in [0.1, 0.15) is 18.4 Å². The fourth-order valence-electron chi connectivity index (χ4n) is 2.10. The number of anilines is 2. The normalized spacial score (nSPS) is 10.4. The van der Waals surface area contributed by atoms with E-state index in [2.05, 4.69) is 29.6 Å². The van der Waals surface area contributed by atoms with Crippen molar-refractivity contribution in [3.63, 3.8) is 0 Å². The predicted molar refractivity (Wildman–Crippen MR) is 96.2 cm³/mol. The van der Waals surface area contributed by atoms with Crippen molar-refractivity contribution in [2.45, 2.75) is 19.3 Å². The molecule has 0 aliphatic heterocycles. The smallest absolute Gasteiger partial charge is 0.224 e. The van der Waals surface area contributed by atoms with Crippen molar-refractivity contribution in [2.24, 2.45) is 0 Å². The maximum Gasteiger partial charge on any atom is 0.224 e. The summed E-state index contributed by atoms with van der Waals surface area (Å²) in [6, 6.07) is 17.8. The highest BCUT2D eigenvalue weighted by Gasteiger charge is 2.04. The van der Waals surface area contributed by atoms with E-state index in [1.807, 2.05) is 36.0 Å². The topological polar surface area (TPSA) is 55.1 Å². The molecule has 2 aromatic carbocycles. The van der Waals surface area contributed by atoms with Crippen LogP contribution in [-0.4, -0.2) is 17.4 Å². The molecule has 2 rings (SSSR count). The van der Waals surface area contributed by atoms with Gasteiger partial charge in [-0.05, 0) is 42.0 Å². The van der Waals surface area contributed by atoms with Gasteiger partial charge in [-0.25, -0.2) is 0 Å². The molecule has 3 nitrogen and oxygen atoms in total. The Morgan fingerprint density at radius 3 is 2.50 bits per heavy atom. The van der Waals surface area contributed by atoms with E-state index in [0.29, 0.717) is 17.8 Å². The number of benzene rings is 2. The van der Waals surface area contributed by atoms with Gasteiger partial charge in [0.2, 0.25) is 5.91 Å². The molecule has 116 valence electrons. The van der Waals surface area contributed by atoms with Gasteiger partial charge in [-0.15, -0.1) is 0 Å². The molecule has 0 fully saturated rings. The molecule has 1 amide bonds. The summed E-state index contributed by atoms with van der Waals surface area (Å²) < 4.78 is 0. The Kier molecular flexibility index (Phi) is 6.84. The number of thioether (sulfide) groups is 1. The standard InChI is InChI=1S/C18H22N2OS/c19-16-9-4-5-10-17(16)20-18(21)11-6-13-22-14-12-15-7-2-1-3-8-15/h1-5,7-10H,6,11-14,19H2,(H,20,21). The van der Waals surface area contributed by atoms with Gasteiger partial charge in [-0.3, -0.25) is 4.79 Å². The highest BCUT2D eigenvalue weighted by molar-refractivity contribution is 7.99. The molecule has 0 aliphatic rings. The van der Waals surface area contributed by atoms with Gasteiger partial charge >= 0.3 is 0 Å². The summed E-state index contributed by atoms with van der Waals surface area (Å²) >= 11 is 1.89. The second-order valence-corrected chi connectivity index (χ2v) is 6.31. The molecule has 0 unspecified atom stereocenters. The third-order valence-electron chi connectivity index (χ3n) is 3.31. The van der Waals surface area contributed by atoms with Crippen molar-refractivity contribution in [3.8, 4) is 0 Å². The van der Waals surface area contributed by atoms with Crippen LogP contribution in [0.5, 0.6) is 0 Å². The Balaban J connectivity index is 1.57. The molecule has 2 aromatic rings. The van der Waals surface area contributed by atoms with Crippen LogP contribution in [0.4, 0.5) is 11.4 Å². The highest BCUT2D eigenvalue weighted by Crippen LogP contribution is 2.17. The lowest BCUT2D eigenvalue weighted by Crippen LogP contribution is -2.12. The first-order valence-electron chi connectivity index (χ1n) is 7.52. The quantitative estimate of drug-likeness (QED) is 0.573. The van der Waals surface area contributed by atoms with Crippen molar-refractivity contribution in [1.29, 1.82) is 0 Å². The molecule has 0 radical (unpaired) electrons.